The second-order valence-electron chi connectivity index (χ2n) is 5.93. The molecule has 1 unspecified atom stereocenters. The minimum absolute atomic E-state index is 0.289. The molecule has 1 saturated heterocycles. The van der Waals surface area contributed by atoms with Crippen molar-refractivity contribution in [3.63, 3.8) is 0 Å². The molecule has 1 aromatic carbocycles. The topological polar surface area (TPSA) is 70.5 Å². The van der Waals surface area contributed by atoms with Crippen LogP contribution in [0.2, 0.25) is 0 Å². The van der Waals surface area contributed by atoms with Crippen LogP contribution in [-0.4, -0.2) is 39.0 Å². The summed E-state index contributed by atoms with van der Waals surface area (Å²) in [5.41, 5.74) is 0.355. The highest BCUT2D eigenvalue weighted by Gasteiger charge is 2.46. The minimum atomic E-state index is -1.12. The fourth-order valence-electron chi connectivity index (χ4n) is 2.91. The first kappa shape index (κ1) is 15.7. The van der Waals surface area contributed by atoms with Crippen LogP contribution in [0.5, 0.6) is 0 Å². The van der Waals surface area contributed by atoms with Crippen molar-refractivity contribution in [1.29, 1.82) is 0 Å². The van der Waals surface area contributed by atoms with Crippen LogP contribution in [0, 0.1) is 0 Å². The van der Waals surface area contributed by atoms with Crippen molar-refractivity contribution < 1.29 is 14.7 Å². The number of benzene rings is 1. The summed E-state index contributed by atoms with van der Waals surface area (Å²) < 4.78 is 0. The average molecular weight is 330 g/mol. The van der Waals surface area contributed by atoms with Gasteiger partial charge in [0, 0.05) is 18.3 Å². The normalized spacial score (nSPS) is 20.7. The fraction of sp³-hybridized carbons (Fsp3) is 0.353. The van der Waals surface area contributed by atoms with Crippen molar-refractivity contribution in [1.82, 2.24) is 9.88 Å². The van der Waals surface area contributed by atoms with Crippen LogP contribution in [-0.2, 0) is 11.2 Å². The van der Waals surface area contributed by atoms with Crippen LogP contribution in [0.1, 0.15) is 40.8 Å². The molecular weight excluding hydrogens is 312 g/mol. The van der Waals surface area contributed by atoms with Gasteiger partial charge in [-0.1, -0.05) is 30.3 Å². The number of carboxylic acids is 1. The number of aliphatic carboxylic acids is 1. The first-order chi connectivity index (χ1) is 11.0. The monoisotopic (exact) mass is 330 g/mol. The molecule has 1 aromatic heterocycles. The highest BCUT2D eigenvalue weighted by molar-refractivity contribution is 7.09. The van der Waals surface area contributed by atoms with Crippen molar-refractivity contribution in [2.75, 3.05) is 6.54 Å². The zero-order chi connectivity index (χ0) is 16.4. The maximum atomic E-state index is 12.6. The van der Waals surface area contributed by atoms with Crippen molar-refractivity contribution in [3.8, 4) is 0 Å². The average Bonchev–Trinajstić information content (AvgIpc) is 3.15. The van der Waals surface area contributed by atoms with E-state index in [1.165, 1.54) is 16.2 Å². The number of amides is 1. The molecule has 1 amide bonds. The molecule has 1 atom stereocenters. The number of hydrogen-bond acceptors (Lipinski definition) is 4. The molecule has 6 heteroatoms. The minimum Gasteiger partial charge on any atom is -0.480 e. The van der Waals surface area contributed by atoms with Gasteiger partial charge < -0.3 is 10.0 Å². The lowest BCUT2D eigenvalue weighted by Gasteiger charge is -2.30. The number of rotatable bonds is 4. The van der Waals surface area contributed by atoms with Crippen molar-refractivity contribution in [3.05, 3.63) is 52.0 Å². The Hall–Kier alpha value is -2.21. The largest absolute Gasteiger partial charge is 0.480 e. The van der Waals surface area contributed by atoms with Gasteiger partial charge in [-0.3, -0.25) is 4.79 Å². The van der Waals surface area contributed by atoms with E-state index < -0.39 is 11.5 Å². The maximum Gasteiger partial charge on any atom is 0.329 e. The fourth-order valence-corrected chi connectivity index (χ4v) is 3.71. The van der Waals surface area contributed by atoms with Crippen LogP contribution in [0.3, 0.4) is 0 Å². The molecule has 2 heterocycles. The smallest absolute Gasteiger partial charge is 0.329 e. The number of thiazole rings is 1. The Morgan fingerprint density at radius 3 is 2.78 bits per heavy atom. The predicted octanol–water partition coefficient (Wildman–Crippen LogP) is 2.81. The standard InChI is InChI=1S/C17H18N2O3S/c1-17(16(21)22)8-5-9-19(17)15(20)13-11-23-14(18-13)10-12-6-3-2-4-7-12/h2-4,6-7,11H,5,8-10H2,1H3,(H,21,22). The molecule has 1 fully saturated rings. The van der Waals surface area contributed by atoms with Gasteiger partial charge in [0.1, 0.15) is 11.2 Å². The Bertz CT molecular complexity index is 728. The highest BCUT2D eigenvalue weighted by atomic mass is 32.1. The molecule has 1 aliphatic heterocycles. The van der Waals surface area contributed by atoms with Crippen molar-refractivity contribution in [2.24, 2.45) is 0 Å². The molecule has 5 nitrogen and oxygen atoms in total. The molecule has 1 aliphatic rings. The number of carbonyl (C=O) groups is 2. The van der Waals surface area contributed by atoms with Gasteiger partial charge >= 0.3 is 5.97 Å². The Labute approximate surface area is 138 Å². The van der Waals surface area contributed by atoms with Gasteiger partial charge in [-0.15, -0.1) is 11.3 Å². The van der Waals surface area contributed by atoms with E-state index in [4.69, 9.17) is 0 Å². The Kier molecular flexibility index (Phi) is 4.17. The van der Waals surface area contributed by atoms with E-state index in [9.17, 15) is 14.7 Å². The lowest BCUT2D eigenvalue weighted by Crippen LogP contribution is -2.50. The summed E-state index contributed by atoms with van der Waals surface area (Å²) in [6, 6.07) is 9.94. The quantitative estimate of drug-likeness (QED) is 0.936. The van der Waals surface area contributed by atoms with Crippen LogP contribution in [0.15, 0.2) is 35.7 Å². The third kappa shape index (κ3) is 2.99. The molecule has 3 rings (SSSR count). The molecule has 23 heavy (non-hydrogen) atoms. The van der Waals surface area contributed by atoms with Gasteiger partial charge in [0.25, 0.3) is 5.91 Å². The zero-order valence-corrected chi connectivity index (χ0v) is 13.7. The molecule has 0 spiro atoms. The Morgan fingerprint density at radius 2 is 2.09 bits per heavy atom. The third-order valence-corrected chi connectivity index (χ3v) is 5.16. The first-order valence-corrected chi connectivity index (χ1v) is 8.42. The van der Waals surface area contributed by atoms with Gasteiger partial charge in [0.15, 0.2) is 0 Å². The summed E-state index contributed by atoms with van der Waals surface area (Å²) in [5, 5.41) is 12.0. The maximum absolute atomic E-state index is 12.6. The number of likely N-dealkylation sites (tertiary alicyclic amines) is 1. The number of carboxylic acid groups (broad SMARTS) is 1. The van der Waals surface area contributed by atoms with Crippen LogP contribution in [0.4, 0.5) is 0 Å². The number of nitrogens with zero attached hydrogens (tertiary/aromatic N) is 2. The van der Waals surface area contributed by atoms with Gasteiger partial charge in [0.05, 0.1) is 5.01 Å². The molecule has 0 radical (unpaired) electrons. The second-order valence-corrected chi connectivity index (χ2v) is 6.87. The summed E-state index contributed by atoms with van der Waals surface area (Å²) in [4.78, 5) is 30.0. The van der Waals surface area contributed by atoms with Crippen LogP contribution >= 0.6 is 11.3 Å². The summed E-state index contributed by atoms with van der Waals surface area (Å²) >= 11 is 1.43. The first-order valence-electron chi connectivity index (χ1n) is 7.54. The Balaban J connectivity index is 1.77. The summed E-state index contributed by atoms with van der Waals surface area (Å²) in [6.45, 7) is 2.07. The highest BCUT2D eigenvalue weighted by Crippen LogP contribution is 2.31. The second kappa shape index (κ2) is 6.12. The summed E-state index contributed by atoms with van der Waals surface area (Å²) in [7, 11) is 0. The molecule has 0 saturated carbocycles. The van der Waals surface area contributed by atoms with E-state index in [-0.39, 0.29) is 5.91 Å². The molecule has 120 valence electrons. The molecule has 2 aromatic rings. The van der Waals surface area contributed by atoms with Crippen LogP contribution in [0.25, 0.3) is 0 Å². The lowest BCUT2D eigenvalue weighted by atomic mass is 9.99. The Morgan fingerprint density at radius 1 is 1.35 bits per heavy atom. The van der Waals surface area contributed by atoms with Gasteiger partial charge in [0.2, 0.25) is 0 Å². The van der Waals surface area contributed by atoms with E-state index >= 15 is 0 Å². The summed E-state index contributed by atoms with van der Waals surface area (Å²) in [6.07, 6.45) is 1.86. The number of hydrogen-bond donors (Lipinski definition) is 1. The molecule has 0 bridgehead atoms. The van der Waals surface area contributed by atoms with E-state index in [2.05, 4.69) is 4.98 Å². The van der Waals surface area contributed by atoms with Crippen molar-refractivity contribution in [2.45, 2.75) is 31.7 Å². The van der Waals surface area contributed by atoms with E-state index in [1.54, 1.807) is 12.3 Å². The van der Waals surface area contributed by atoms with Crippen LogP contribution < -0.4 is 0 Å². The number of aromatic nitrogens is 1. The van der Waals surface area contributed by atoms with Crippen molar-refractivity contribution >= 4 is 23.2 Å². The summed E-state index contributed by atoms with van der Waals surface area (Å²) in [5.74, 6) is -1.24. The molecule has 1 N–H and O–H groups in total. The molecular formula is C17H18N2O3S. The van der Waals surface area contributed by atoms with Gasteiger partial charge in [-0.25, -0.2) is 9.78 Å². The number of carbonyl (C=O) groups excluding carboxylic acids is 1. The van der Waals surface area contributed by atoms with E-state index in [1.807, 2.05) is 30.3 Å². The van der Waals surface area contributed by atoms with E-state index in [0.717, 1.165) is 10.6 Å². The zero-order valence-electron chi connectivity index (χ0n) is 12.9. The SMILES string of the molecule is CC1(C(=O)O)CCCN1C(=O)c1csc(Cc2ccccc2)n1. The third-order valence-electron chi connectivity index (χ3n) is 4.32. The van der Waals surface area contributed by atoms with Gasteiger partial charge in [-0.2, -0.15) is 0 Å². The van der Waals surface area contributed by atoms with Gasteiger partial charge in [-0.05, 0) is 25.3 Å². The predicted molar refractivity (Wildman–Crippen MR) is 87.7 cm³/mol. The molecule has 0 aliphatic carbocycles. The van der Waals surface area contributed by atoms with E-state index in [0.29, 0.717) is 31.5 Å². The lowest BCUT2D eigenvalue weighted by molar-refractivity contribution is -0.147.